The van der Waals surface area contributed by atoms with Crippen LogP contribution in [0.1, 0.15) is 19.6 Å². The molecule has 1 aliphatic heterocycles. The molecule has 2 fully saturated rings. The van der Waals surface area contributed by atoms with Gasteiger partial charge in [0, 0.05) is 0 Å². The molecule has 1 saturated carbocycles. The van der Waals surface area contributed by atoms with Crippen molar-refractivity contribution in [1.29, 1.82) is 0 Å². The summed E-state index contributed by atoms with van der Waals surface area (Å²) in [6.07, 6.45) is -11.7. The maximum Gasteiger partial charge on any atom is 0.481 e. The number of aliphatic hydroxyl groups excluding tert-OH is 5. The van der Waals surface area contributed by atoms with Gasteiger partial charge in [0.25, 0.3) is 5.56 Å². The van der Waals surface area contributed by atoms with E-state index in [0.29, 0.717) is 0 Å². The molecular formula is C17H27N5O14P2. The number of ether oxygens (including phenoxy) is 1. The van der Waals surface area contributed by atoms with Crippen LogP contribution in [0, 0.1) is 5.92 Å². The summed E-state index contributed by atoms with van der Waals surface area (Å²) in [5, 5.41) is 50.4. The highest BCUT2D eigenvalue weighted by atomic mass is 31.3. The zero-order valence-electron chi connectivity index (χ0n) is 19.5. The number of aromatic amines is 1. The Labute approximate surface area is 212 Å². The maximum atomic E-state index is 12.3. The molecule has 3 heterocycles. The van der Waals surface area contributed by atoms with Crippen LogP contribution < -0.4 is 11.3 Å². The lowest BCUT2D eigenvalue weighted by molar-refractivity contribution is -0.151. The molecule has 0 amide bonds. The molecule has 0 aromatic carbocycles. The second kappa shape index (κ2) is 10.6. The molecule has 19 nitrogen and oxygen atoms in total. The van der Waals surface area contributed by atoms with Gasteiger partial charge in [-0.3, -0.25) is 23.4 Å². The summed E-state index contributed by atoms with van der Waals surface area (Å²) in [6, 6.07) is 0. The molecule has 10 N–H and O–H groups in total. The minimum absolute atomic E-state index is 0.0875. The van der Waals surface area contributed by atoms with Crippen LogP contribution in [0.5, 0.6) is 0 Å². The Hall–Kier alpha value is -1.83. The number of aliphatic hydroxyl groups is 5. The third-order valence-corrected chi connectivity index (χ3v) is 8.87. The normalized spacial score (nSPS) is 37.2. The zero-order chi connectivity index (χ0) is 28.2. The van der Waals surface area contributed by atoms with Gasteiger partial charge in [-0.1, -0.05) is 6.92 Å². The van der Waals surface area contributed by atoms with Crippen molar-refractivity contribution in [1.82, 2.24) is 19.5 Å². The average Bonchev–Trinajstić information content (AvgIpc) is 3.35. The van der Waals surface area contributed by atoms with Crippen LogP contribution >= 0.6 is 15.6 Å². The summed E-state index contributed by atoms with van der Waals surface area (Å²) < 4.78 is 44.8. The van der Waals surface area contributed by atoms with Crippen molar-refractivity contribution in [2.45, 2.75) is 62.3 Å². The summed E-state index contributed by atoms with van der Waals surface area (Å²) in [7, 11) is -10.8. The van der Waals surface area contributed by atoms with Gasteiger partial charge in [-0.15, -0.1) is 0 Å². The topological polar surface area (TPSA) is 302 Å². The number of hydrogen-bond acceptors (Lipinski definition) is 15. The van der Waals surface area contributed by atoms with Crippen LogP contribution in [0.3, 0.4) is 0 Å². The van der Waals surface area contributed by atoms with Crippen LogP contribution in [0.15, 0.2) is 11.1 Å². The van der Waals surface area contributed by atoms with Gasteiger partial charge in [0.1, 0.15) is 30.5 Å². The van der Waals surface area contributed by atoms with E-state index in [-0.39, 0.29) is 23.5 Å². The number of nitrogens with two attached hydrogens (primary N) is 1. The van der Waals surface area contributed by atoms with E-state index in [1.807, 2.05) is 0 Å². The summed E-state index contributed by atoms with van der Waals surface area (Å²) in [4.78, 5) is 41.8. The second-order valence-electron chi connectivity index (χ2n) is 8.96. The lowest BCUT2D eigenvalue weighted by Gasteiger charge is -2.39. The third kappa shape index (κ3) is 5.85. The van der Waals surface area contributed by atoms with Crippen molar-refractivity contribution < 1.29 is 62.5 Å². The first-order valence-corrected chi connectivity index (χ1v) is 14.1. The molecular weight excluding hydrogens is 560 g/mol. The molecule has 0 radical (unpaired) electrons. The predicted octanol–water partition coefficient (Wildman–Crippen LogP) is -2.94. The fourth-order valence-corrected chi connectivity index (χ4v) is 6.52. The second-order valence-corrected chi connectivity index (χ2v) is 12.0. The number of anilines is 1. The van der Waals surface area contributed by atoms with E-state index in [1.54, 1.807) is 0 Å². The number of phosphoric ester groups is 2. The van der Waals surface area contributed by atoms with E-state index in [4.69, 9.17) is 15.0 Å². The van der Waals surface area contributed by atoms with E-state index in [0.717, 1.165) is 10.9 Å². The van der Waals surface area contributed by atoms with E-state index < -0.39 is 82.7 Å². The van der Waals surface area contributed by atoms with Crippen LogP contribution in [-0.4, -0.2) is 104 Å². The predicted molar refractivity (Wildman–Crippen MR) is 122 cm³/mol. The number of phosphoric acid groups is 2. The fourth-order valence-electron chi connectivity index (χ4n) is 4.25. The molecule has 11 atom stereocenters. The molecule has 214 valence electrons. The van der Waals surface area contributed by atoms with Crippen LogP contribution in [0.25, 0.3) is 11.2 Å². The lowest BCUT2D eigenvalue weighted by Crippen LogP contribution is -2.53. The highest BCUT2D eigenvalue weighted by molar-refractivity contribution is 7.61. The van der Waals surface area contributed by atoms with Crippen molar-refractivity contribution in [2.75, 3.05) is 12.3 Å². The van der Waals surface area contributed by atoms with E-state index in [1.165, 1.54) is 6.92 Å². The Morgan fingerprint density at radius 2 is 1.79 bits per heavy atom. The van der Waals surface area contributed by atoms with Crippen LogP contribution in [0.4, 0.5) is 5.95 Å². The summed E-state index contributed by atoms with van der Waals surface area (Å²) in [5.74, 6) is -0.916. The number of nitrogens with one attached hydrogen (secondary N) is 1. The van der Waals surface area contributed by atoms with Gasteiger partial charge in [0.05, 0.1) is 25.1 Å². The molecule has 38 heavy (non-hydrogen) atoms. The van der Waals surface area contributed by atoms with Crippen LogP contribution in [0.2, 0.25) is 0 Å². The molecule has 2 aromatic rings. The number of H-pyrrole nitrogens is 1. The van der Waals surface area contributed by atoms with Gasteiger partial charge >= 0.3 is 15.6 Å². The van der Waals surface area contributed by atoms with Gasteiger partial charge in [-0.25, -0.2) is 14.1 Å². The summed E-state index contributed by atoms with van der Waals surface area (Å²) >= 11 is 0. The first-order chi connectivity index (χ1) is 17.6. The quantitative estimate of drug-likeness (QED) is 0.140. The number of aromatic nitrogens is 4. The van der Waals surface area contributed by atoms with E-state index in [2.05, 4.69) is 23.8 Å². The molecule has 2 aliphatic rings. The Bertz CT molecular complexity index is 1320. The van der Waals surface area contributed by atoms with Gasteiger partial charge < -0.3 is 45.8 Å². The molecule has 1 aliphatic carbocycles. The van der Waals surface area contributed by atoms with Crippen molar-refractivity contribution in [2.24, 2.45) is 5.92 Å². The Kier molecular flexibility index (Phi) is 8.15. The molecule has 0 bridgehead atoms. The number of imidazole rings is 1. The van der Waals surface area contributed by atoms with Gasteiger partial charge in [0.2, 0.25) is 5.95 Å². The molecule has 2 aromatic heterocycles. The minimum Gasteiger partial charge on any atom is -0.390 e. The number of hydrogen-bond donors (Lipinski definition) is 9. The minimum atomic E-state index is -5.38. The van der Waals surface area contributed by atoms with Gasteiger partial charge in [0.15, 0.2) is 17.4 Å². The molecule has 0 spiro atoms. The van der Waals surface area contributed by atoms with Crippen molar-refractivity contribution in [3.05, 3.63) is 16.7 Å². The summed E-state index contributed by atoms with van der Waals surface area (Å²) in [5.41, 5.74) is 4.63. The largest absolute Gasteiger partial charge is 0.481 e. The number of nitrogen functional groups attached to an aromatic ring is 1. The Morgan fingerprint density at radius 1 is 1.11 bits per heavy atom. The summed E-state index contributed by atoms with van der Waals surface area (Å²) in [6.45, 7) is 0.545. The number of rotatable bonds is 8. The number of fused-ring (bicyclic) bond motifs is 1. The standard InChI is InChI=1S/C17H27N5O14P2/c1-5-2-6(10(24)12(26)9(5)23)35-38(31,32)36-37(29,30)33-3-7-11(25)13(27)16(34-7)22-4-19-8-14(22)20-17(18)21-15(8)28/h4-7,9-13,16,23-27H,2-3H2,1H3,(H,29,30)(H,31,32)(H3,18,20,21,28)/t5?,6-,7+,9+,10?,11?,12?,13?,16+/m0/s1. The third-order valence-electron chi connectivity index (χ3n) is 6.21. The fraction of sp³-hybridized carbons (Fsp3) is 0.706. The highest BCUT2D eigenvalue weighted by Crippen LogP contribution is 2.61. The van der Waals surface area contributed by atoms with Crippen molar-refractivity contribution >= 4 is 32.8 Å². The molecule has 4 rings (SSSR count). The first-order valence-electron chi connectivity index (χ1n) is 11.1. The average molecular weight is 587 g/mol. The zero-order valence-corrected chi connectivity index (χ0v) is 21.3. The lowest BCUT2D eigenvalue weighted by atomic mass is 9.82. The smallest absolute Gasteiger partial charge is 0.390 e. The van der Waals surface area contributed by atoms with E-state index >= 15 is 0 Å². The Balaban J connectivity index is 1.39. The molecule has 1 saturated heterocycles. The van der Waals surface area contributed by atoms with Crippen molar-refractivity contribution in [3.63, 3.8) is 0 Å². The maximum absolute atomic E-state index is 12.3. The van der Waals surface area contributed by atoms with E-state index in [9.17, 15) is 49.2 Å². The van der Waals surface area contributed by atoms with Gasteiger partial charge in [-0.2, -0.15) is 9.29 Å². The monoisotopic (exact) mass is 587 g/mol. The van der Waals surface area contributed by atoms with Crippen LogP contribution in [-0.2, 0) is 27.2 Å². The molecule has 7 unspecified atom stereocenters. The highest BCUT2D eigenvalue weighted by Gasteiger charge is 2.48. The first kappa shape index (κ1) is 29.2. The Morgan fingerprint density at radius 3 is 2.47 bits per heavy atom. The SMILES string of the molecule is CC1C[C@H](OP(=O)(O)OP(=O)(O)OC[C@H]2O[C@@H](n3cnc4c(=O)[nH]c(N)nc43)C(O)C2O)C(O)C(O)[C@@H]1O. The number of nitrogens with zero attached hydrogens (tertiary/aromatic N) is 3. The van der Waals surface area contributed by atoms with Crippen molar-refractivity contribution in [3.8, 4) is 0 Å². The molecule has 21 heteroatoms. The van der Waals surface area contributed by atoms with Gasteiger partial charge in [-0.05, 0) is 12.3 Å².